The second kappa shape index (κ2) is 7.30. The highest BCUT2D eigenvalue weighted by Crippen LogP contribution is 2.42. The van der Waals surface area contributed by atoms with Crippen LogP contribution in [0.5, 0.6) is 0 Å². The van der Waals surface area contributed by atoms with Crippen molar-refractivity contribution in [2.24, 2.45) is 0 Å². The number of carbonyl (C=O) groups excluding carboxylic acids is 1. The molecule has 2 saturated heterocycles. The minimum atomic E-state index is -0.521. The fourth-order valence-corrected chi connectivity index (χ4v) is 4.15. The van der Waals surface area contributed by atoms with Gasteiger partial charge in [-0.2, -0.15) is 0 Å². The van der Waals surface area contributed by atoms with Crippen molar-refractivity contribution in [1.82, 2.24) is 4.90 Å². The molecule has 0 aliphatic carbocycles. The van der Waals surface area contributed by atoms with Crippen LogP contribution in [-0.2, 0) is 4.74 Å². The third kappa shape index (κ3) is 3.75. The van der Waals surface area contributed by atoms with Gasteiger partial charge in [-0.3, -0.25) is 0 Å². The van der Waals surface area contributed by atoms with Crippen LogP contribution in [0, 0.1) is 5.82 Å². The summed E-state index contributed by atoms with van der Waals surface area (Å²) in [5.41, 5.74) is 3.23. The lowest BCUT2D eigenvalue weighted by molar-refractivity contribution is -0.0270. The molecule has 2 aliphatic heterocycles. The van der Waals surface area contributed by atoms with Gasteiger partial charge in [-0.15, -0.1) is 0 Å². The van der Waals surface area contributed by atoms with Gasteiger partial charge in [0.05, 0.1) is 12.1 Å². The topological polar surface area (TPSA) is 32.8 Å². The average molecular weight is 380 g/mol. The SMILES string of the molecule is CN(C)c1cccc(/C=C2\CC3(OC(=O)c4cccc(F)c4)CCCN2C3)c1. The van der Waals surface area contributed by atoms with Gasteiger partial charge in [0.1, 0.15) is 11.4 Å². The molecule has 5 heteroatoms. The predicted molar refractivity (Wildman–Crippen MR) is 109 cm³/mol. The minimum Gasteiger partial charge on any atom is -0.453 e. The van der Waals surface area contributed by atoms with Crippen molar-refractivity contribution in [1.29, 1.82) is 0 Å². The van der Waals surface area contributed by atoms with Gasteiger partial charge >= 0.3 is 5.97 Å². The molecule has 2 aromatic rings. The molecule has 0 aromatic heterocycles. The number of ether oxygens (including phenoxy) is 1. The van der Waals surface area contributed by atoms with Crippen LogP contribution in [0.1, 0.15) is 35.2 Å². The first-order valence-corrected chi connectivity index (χ1v) is 9.66. The molecule has 0 radical (unpaired) electrons. The van der Waals surface area contributed by atoms with Gasteiger partial charge in [0.25, 0.3) is 0 Å². The van der Waals surface area contributed by atoms with Crippen LogP contribution < -0.4 is 4.90 Å². The Balaban J connectivity index is 1.56. The van der Waals surface area contributed by atoms with Crippen LogP contribution in [0.25, 0.3) is 6.08 Å². The Hall–Kier alpha value is -2.82. The molecule has 2 fully saturated rings. The highest BCUT2D eigenvalue weighted by Gasteiger charge is 2.46. The summed E-state index contributed by atoms with van der Waals surface area (Å²) in [5.74, 6) is -0.873. The van der Waals surface area contributed by atoms with Crippen LogP contribution in [0.15, 0.2) is 54.2 Å². The van der Waals surface area contributed by atoms with E-state index in [9.17, 15) is 9.18 Å². The second-order valence-electron chi connectivity index (χ2n) is 7.91. The maximum Gasteiger partial charge on any atom is 0.338 e. The standard InChI is InChI=1S/C23H25FN2O2/c1-25(2)20-9-3-6-17(12-20)13-21-15-23(10-5-11-26(21)16-23)28-22(27)18-7-4-8-19(24)14-18/h3-4,6-9,12-14H,5,10-11,15-16H2,1-2H3/b21-13+. The van der Waals surface area contributed by atoms with Gasteiger partial charge < -0.3 is 14.5 Å². The number of esters is 1. The average Bonchev–Trinajstić information content (AvgIpc) is 2.90. The summed E-state index contributed by atoms with van der Waals surface area (Å²) < 4.78 is 19.4. The van der Waals surface area contributed by atoms with E-state index in [1.165, 1.54) is 23.9 Å². The predicted octanol–water partition coefficient (Wildman–Crippen LogP) is 4.33. The van der Waals surface area contributed by atoms with E-state index >= 15 is 0 Å². The first kappa shape index (κ1) is 18.5. The Morgan fingerprint density at radius 3 is 2.82 bits per heavy atom. The smallest absolute Gasteiger partial charge is 0.338 e. The Labute approximate surface area is 165 Å². The molecular formula is C23H25FN2O2. The summed E-state index contributed by atoms with van der Waals surface area (Å²) in [6, 6.07) is 14.1. The largest absolute Gasteiger partial charge is 0.453 e. The van der Waals surface area contributed by atoms with Crippen molar-refractivity contribution in [3.05, 3.63) is 71.2 Å². The number of nitrogens with zero attached hydrogens (tertiary/aromatic N) is 2. The van der Waals surface area contributed by atoms with Crippen molar-refractivity contribution in [2.45, 2.75) is 24.9 Å². The van der Waals surface area contributed by atoms with E-state index < -0.39 is 17.4 Å². The van der Waals surface area contributed by atoms with E-state index in [0.717, 1.165) is 30.6 Å². The number of benzene rings is 2. The van der Waals surface area contributed by atoms with Gasteiger partial charge in [0.15, 0.2) is 0 Å². The Morgan fingerprint density at radius 1 is 1.21 bits per heavy atom. The highest BCUT2D eigenvalue weighted by atomic mass is 19.1. The zero-order valence-electron chi connectivity index (χ0n) is 16.3. The van der Waals surface area contributed by atoms with E-state index in [-0.39, 0.29) is 5.56 Å². The first-order valence-electron chi connectivity index (χ1n) is 9.66. The van der Waals surface area contributed by atoms with Crippen LogP contribution in [0.3, 0.4) is 0 Å². The summed E-state index contributed by atoms with van der Waals surface area (Å²) in [7, 11) is 4.05. The molecular weight excluding hydrogens is 355 g/mol. The third-order valence-electron chi connectivity index (χ3n) is 5.54. The summed E-state index contributed by atoms with van der Waals surface area (Å²) in [4.78, 5) is 17.0. The van der Waals surface area contributed by atoms with Crippen LogP contribution in [-0.4, -0.2) is 43.7 Å². The Bertz CT molecular complexity index is 924. The van der Waals surface area contributed by atoms with Crippen molar-refractivity contribution >= 4 is 17.7 Å². The van der Waals surface area contributed by atoms with Gasteiger partial charge in [-0.05, 0) is 54.8 Å². The normalized spacial score (nSPS) is 22.4. The quantitative estimate of drug-likeness (QED) is 0.740. The van der Waals surface area contributed by atoms with E-state index in [1.807, 2.05) is 14.1 Å². The Morgan fingerprint density at radius 2 is 2.04 bits per heavy atom. The highest BCUT2D eigenvalue weighted by molar-refractivity contribution is 5.89. The van der Waals surface area contributed by atoms with E-state index in [4.69, 9.17) is 4.74 Å². The number of carbonyl (C=O) groups is 1. The fraction of sp³-hybridized carbons (Fsp3) is 0.348. The lowest BCUT2D eigenvalue weighted by Crippen LogP contribution is -2.42. The molecule has 0 saturated carbocycles. The molecule has 2 aromatic carbocycles. The van der Waals surface area contributed by atoms with Crippen molar-refractivity contribution in [3.63, 3.8) is 0 Å². The lowest BCUT2D eigenvalue weighted by atomic mass is 9.94. The number of piperidine rings is 1. The van der Waals surface area contributed by atoms with Crippen molar-refractivity contribution in [3.8, 4) is 0 Å². The maximum atomic E-state index is 13.5. The number of halogens is 1. The second-order valence-corrected chi connectivity index (χ2v) is 7.91. The van der Waals surface area contributed by atoms with Crippen LogP contribution >= 0.6 is 0 Å². The minimum absolute atomic E-state index is 0.266. The molecule has 4 rings (SSSR count). The summed E-state index contributed by atoms with van der Waals surface area (Å²) in [6.45, 7) is 1.67. The van der Waals surface area contributed by atoms with E-state index in [2.05, 4.69) is 40.1 Å². The molecule has 0 spiro atoms. The molecule has 4 nitrogen and oxygen atoms in total. The number of anilines is 1. The van der Waals surface area contributed by atoms with E-state index in [0.29, 0.717) is 13.0 Å². The van der Waals surface area contributed by atoms with E-state index in [1.54, 1.807) is 6.07 Å². The van der Waals surface area contributed by atoms with Gasteiger partial charge in [0, 0.05) is 38.4 Å². The molecule has 0 N–H and O–H groups in total. The zero-order chi connectivity index (χ0) is 19.7. The van der Waals surface area contributed by atoms with Crippen molar-refractivity contribution in [2.75, 3.05) is 32.1 Å². The van der Waals surface area contributed by atoms with Crippen LogP contribution in [0.2, 0.25) is 0 Å². The molecule has 28 heavy (non-hydrogen) atoms. The lowest BCUT2D eigenvalue weighted by Gasteiger charge is -2.33. The summed E-state index contributed by atoms with van der Waals surface area (Å²) in [5, 5.41) is 0. The molecule has 2 bridgehead atoms. The molecule has 1 unspecified atom stereocenters. The maximum absolute atomic E-state index is 13.5. The molecule has 0 amide bonds. The number of rotatable bonds is 4. The fourth-order valence-electron chi connectivity index (χ4n) is 4.15. The first-order chi connectivity index (χ1) is 13.4. The molecule has 2 heterocycles. The van der Waals surface area contributed by atoms with Gasteiger partial charge in [0.2, 0.25) is 0 Å². The molecule has 2 aliphatic rings. The summed E-state index contributed by atoms with van der Waals surface area (Å²) in [6.07, 6.45) is 4.70. The molecule has 1 atom stereocenters. The van der Waals surface area contributed by atoms with Crippen LogP contribution in [0.4, 0.5) is 10.1 Å². The number of hydrogen-bond donors (Lipinski definition) is 0. The Kier molecular flexibility index (Phi) is 4.84. The van der Waals surface area contributed by atoms with Crippen molar-refractivity contribution < 1.29 is 13.9 Å². The number of hydrogen-bond acceptors (Lipinski definition) is 4. The van der Waals surface area contributed by atoms with Gasteiger partial charge in [-0.25, -0.2) is 9.18 Å². The monoisotopic (exact) mass is 380 g/mol. The zero-order valence-corrected chi connectivity index (χ0v) is 16.3. The van der Waals surface area contributed by atoms with Gasteiger partial charge in [-0.1, -0.05) is 18.2 Å². The third-order valence-corrected chi connectivity index (χ3v) is 5.54. The number of fused-ring (bicyclic) bond motifs is 2. The summed E-state index contributed by atoms with van der Waals surface area (Å²) >= 11 is 0. The molecule has 146 valence electrons.